The number of aromatic nitrogens is 2. The number of benzene rings is 1. The molecule has 7 heteroatoms. The summed E-state index contributed by atoms with van der Waals surface area (Å²) in [5.74, 6) is 1.02. The van der Waals surface area contributed by atoms with Gasteiger partial charge in [-0.1, -0.05) is 0 Å². The van der Waals surface area contributed by atoms with Crippen LogP contribution in [0.5, 0.6) is 17.2 Å². The van der Waals surface area contributed by atoms with Crippen molar-refractivity contribution in [3.05, 3.63) is 41.2 Å². The van der Waals surface area contributed by atoms with E-state index in [1.807, 2.05) is 19.1 Å². The minimum absolute atomic E-state index is 0.272. The fraction of sp³-hybridized carbons (Fsp3) is 0.312. The third-order valence-corrected chi connectivity index (χ3v) is 3.21. The van der Waals surface area contributed by atoms with Crippen LogP contribution in [0.15, 0.2) is 24.3 Å². The van der Waals surface area contributed by atoms with Crippen molar-refractivity contribution in [2.45, 2.75) is 13.5 Å². The van der Waals surface area contributed by atoms with Gasteiger partial charge in [-0.15, -0.1) is 0 Å². The normalized spacial score (nSPS) is 10.1. The molecule has 1 aromatic carbocycles. The number of nitrogens with one attached hydrogen (secondary N) is 1. The summed E-state index contributed by atoms with van der Waals surface area (Å²) in [7, 11) is 4.51. The predicted octanol–water partition coefficient (Wildman–Crippen LogP) is 1.74. The molecule has 0 aliphatic rings. The molecule has 0 fully saturated rings. The second kappa shape index (κ2) is 7.44. The van der Waals surface area contributed by atoms with Gasteiger partial charge in [0.1, 0.15) is 0 Å². The molecule has 0 saturated heterocycles. The lowest BCUT2D eigenvalue weighted by molar-refractivity contribution is 0.0949. The summed E-state index contributed by atoms with van der Waals surface area (Å²) in [5, 5.41) is 10.7. The Labute approximate surface area is 134 Å². The van der Waals surface area contributed by atoms with Crippen molar-refractivity contribution in [3.8, 4) is 17.2 Å². The molecule has 0 aliphatic carbocycles. The molecule has 0 bridgehead atoms. The van der Waals surface area contributed by atoms with Crippen molar-refractivity contribution in [1.82, 2.24) is 15.5 Å². The van der Waals surface area contributed by atoms with Crippen molar-refractivity contribution < 1.29 is 19.0 Å². The summed E-state index contributed by atoms with van der Waals surface area (Å²) >= 11 is 0. The highest BCUT2D eigenvalue weighted by Crippen LogP contribution is 2.38. The predicted molar refractivity (Wildman–Crippen MR) is 84.0 cm³/mol. The molecule has 1 heterocycles. The Balaban J connectivity index is 2.16. The van der Waals surface area contributed by atoms with Gasteiger partial charge in [0, 0.05) is 5.56 Å². The maximum atomic E-state index is 12.3. The number of carbonyl (C=O) groups is 1. The highest BCUT2D eigenvalue weighted by atomic mass is 16.5. The van der Waals surface area contributed by atoms with E-state index in [2.05, 4.69) is 15.5 Å². The van der Waals surface area contributed by atoms with E-state index >= 15 is 0 Å². The minimum atomic E-state index is -0.272. The van der Waals surface area contributed by atoms with Crippen LogP contribution in [0.1, 0.15) is 21.7 Å². The summed E-state index contributed by atoms with van der Waals surface area (Å²) in [4.78, 5) is 12.3. The van der Waals surface area contributed by atoms with Gasteiger partial charge >= 0.3 is 0 Å². The number of nitrogens with zero attached hydrogens (tertiary/aromatic N) is 2. The smallest absolute Gasteiger partial charge is 0.251 e. The van der Waals surface area contributed by atoms with E-state index in [1.165, 1.54) is 21.3 Å². The first-order valence-electron chi connectivity index (χ1n) is 6.96. The van der Waals surface area contributed by atoms with Gasteiger partial charge in [-0.25, -0.2) is 0 Å². The molecular formula is C16H19N3O4. The zero-order chi connectivity index (χ0) is 16.8. The van der Waals surface area contributed by atoms with E-state index < -0.39 is 0 Å². The van der Waals surface area contributed by atoms with Crippen molar-refractivity contribution in [2.75, 3.05) is 21.3 Å². The van der Waals surface area contributed by atoms with Gasteiger partial charge in [0.25, 0.3) is 5.91 Å². The molecule has 0 aliphatic heterocycles. The molecule has 1 N–H and O–H groups in total. The quantitative estimate of drug-likeness (QED) is 0.874. The van der Waals surface area contributed by atoms with E-state index in [0.717, 1.165) is 5.69 Å². The lowest BCUT2D eigenvalue weighted by Crippen LogP contribution is -2.23. The molecule has 1 amide bonds. The number of ether oxygens (including phenoxy) is 3. The fourth-order valence-electron chi connectivity index (χ4n) is 2.01. The molecule has 23 heavy (non-hydrogen) atoms. The molecule has 2 rings (SSSR count). The molecule has 0 unspecified atom stereocenters. The molecule has 2 aromatic rings. The van der Waals surface area contributed by atoms with Crippen LogP contribution in [0, 0.1) is 6.92 Å². The molecule has 0 saturated carbocycles. The van der Waals surface area contributed by atoms with Crippen LogP contribution in [-0.4, -0.2) is 37.4 Å². The van der Waals surface area contributed by atoms with Crippen molar-refractivity contribution in [3.63, 3.8) is 0 Å². The number of carbonyl (C=O) groups excluding carboxylic acids is 1. The van der Waals surface area contributed by atoms with E-state index in [1.54, 1.807) is 12.1 Å². The topological polar surface area (TPSA) is 82.6 Å². The number of amides is 1. The lowest BCUT2D eigenvalue weighted by atomic mass is 10.1. The van der Waals surface area contributed by atoms with Crippen LogP contribution in [0.2, 0.25) is 0 Å². The Morgan fingerprint density at radius 1 is 1.04 bits per heavy atom. The van der Waals surface area contributed by atoms with Gasteiger partial charge in [-0.05, 0) is 31.2 Å². The maximum absolute atomic E-state index is 12.3. The van der Waals surface area contributed by atoms with Crippen LogP contribution >= 0.6 is 0 Å². The second-order valence-corrected chi connectivity index (χ2v) is 4.76. The standard InChI is InChI=1S/C16H19N3O4/c1-10-5-6-12(19-18-10)9-17-16(20)11-7-13(21-2)15(23-4)14(8-11)22-3/h5-8H,9H2,1-4H3,(H,17,20). The number of rotatable bonds is 6. The Bertz CT molecular complexity index is 661. The Morgan fingerprint density at radius 3 is 2.17 bits per heavy atom. The largest absolute Gasteiger partial charge is 0.493 e. The highest BCUT2D eigenvalue weighted by molar-refractivity contribution is 5.95. The van der Waals surface area contributed by atoms with Crippen molar-refractivity contribution in [2.24, 2.45) is 0 Å². The third kappa shape index (κ3) is 3.88. The first-order chi connectivity index (χ1) is 11.1. The van der Waals surface area contributed by atoms with Crippen molar-refractivity contribution in [1.29, 1.82) is 0 Å². The van der Waals surface area contributed by atoms with Gasteiger partial charge in [0.05, 0.1) is 39.3 Å². The minimum Gasteiger partial charge on any atom is -0.493 e. The molecule has 0 spiro atoms. The number of hydrogen-bond donors (Lipinski definition) is 1. The van der Waals surface area contributed by atoms with Crippen molar-refractivity contribution >= 4 is 5.91 Å². The summed E-state index contributed by atoms with van der Waals surface area (Å²) in [6.07, 6.45) is 0. The molecule has 0 radical (unpaired) electrons. The first kappa shape index (κ1) is 16.5. The van der Waals surface area contributed by atoms with E-state index in [-0.39, 0.29) is 12.5 Å². The van der Waals surface area contributed by atoms with Crippen LogP contribution in [0.4, 0.5) is 0 Å². The summed E-state index contributed by atoms with van der Waals surface area (Å²) in [5.41, 5.74) is 1.90. The SMILES string of the molecule is COc1cc(C(=O)NCc2ccc(C)nn2)cc(OC)c1OC. The zero-order valence-corrected chi connectivity index (χ0v) is 13.5. The molecule has 7 nitrogen and oxygen atoms in total. The van der Waals surface area contributed by atoms with E-state index in [9.17, 15) is 4.79 Å². The Kier molecular flexibility index (Phi) is 5.35. The summed E-state index contributed by atoms with van der Waals surface area (Å²) < 4.78 is 15.7. The average Bonchev–Trinajstić information content (AvgIpc) is 2.59. The van der Waals surface area contributed by atoms with Gasteiger partial charge in [0.15, 0.2) is 11.5 Å². The molecule has 0 atom stereocenters. The fourth-order valence-corrected chi connectivity index (χ4v) is 2.01. The van der Waals surface area contributed by atoms with Gasteiger partial charge < -0.3 is 19.5 Å². The van der Waals surface area contributed by atoms with Crippen LogP contribution in [-0.2, 0) is 6.54 Å². The molecule has 122 valence electrons. The van der Waals surface area contributed by atoms with Gasteiger partial charge in [-0.3, -0.25) is 4.79 Å². The van der Waals surface area contributed by atoms with E-state index in [0.29, 0.717) is 28.5 Å². The maximum Gasteiger partial charge on any atom is 0.251 e. The number of methoxy groups -OCH3 is 3. The Hall–Kier alpha value is -2.83. The van der Waals surface area contributed by atoms with E-state index in [4.69, 9.17) is 14.2 Å². The van der Waals surface area contributed by atoms with Crippen LogP contribution in [0.25, 0.3) is 0 Å². The molecular weight excluding hydrogens is 298 g/mol. The average molecular weight is 317 g/mol. The highest BCUT2D eigenvalue weighted by Gasteiger charge is 2.16. The lowest BCUT2D eigenvalue weighted by Gasteiger charge is -2.14. The number of hydrogen-bond acceptors (Lipinski definition) is 6. The van der Waals surface area contributed by atoms with Gasteiger partial charge in [0.2, 0.25) is 5.75 Å². The second-order valence-electron chi connectivity index (χ2n) is 4.76. The summed E-state index contributed by atoms with van der Waals surface area (Å²) in [6.45, 7) is 2.13. The van der Waals surface area contributed by atoms with Gasteiger partial charge in [-0.2, -0.15) is 10.2 Å². The number of aryl methyl sites for hydroxylation is 1. The zero-order valence-electron chi connectivity index (χ0n) is 13.5. The first-order valence-corrected chi connectivity index (χ1v) is 6.96. The Morgan fingerprint density at radius 2 is 1.70 bits per heavy atom. The third-order valence-electron chi connectivity index (χ3n) is 3.21. The monoisotopic (exact) mass is 317 g/mol. The van der Waals surface area contributed by atoms with Crippen LogP contribution in [0.3, 0.4) is 0 Å². The van der Waals surface area contributed by atoms with Crippen LogP contribution < -0.4 is 19.5 Å². The summed E-state index contributed by atoms with van der Waals surface area (Å²) in [6, 6.07) is 6.85. The molecule has 1 aromatic heterocycles.